The highest BCUT2D eigenvalue weighted by atomic mass is 16.5. The molecule has 0 amide bonds. The number of nitrogens with zero attached hydrogens (tertiary/aromatic N) is 2. The van der Waals surface area contributed by atoms with Crippen LogP contribution in [0.3, 0.4) is 0 Å². The highest BCUT2D eigenvalue weighted by Gasteiger charge is 2.04. The summed E-state index contributed by atoms with van der Waals surface area (Å²) in [6.45, 7) is 0.671. The summed E-state index contributed by atoms with van der Waals surface area (Å²) in [5.74, 6) is 6.88. The zero-order chi connectivity index (χ0) is 14.2. The van der Waals surface area contributed by atoms with Crippen molar-refractivity contribution in [2.24, 2.45) is 5.73 Å². The van der Waals surface area contributed by atoms with E-state index >= 15 is 0 Å². The van der Waals surface area contributed by atoms with Crippen LogP contribution in [-0.4, -0.2) is 23.6 Å². The summed E-state index contributed by atoms with van der Waals surface area (Å²) in [4.78, 5) is 8.19. The molecule has 0 saturated heterocycles. The van der Waals surface area contributed by atoms with Crippen molar-refractivity contribution in [1.29, 1.82) is 0 Å². The van der Waals surface area contributed by atoms with Gasteiger partial charge in [-0.2, -0.15) is 0 Å². The van der Waals surface area contributed by atoms with Gasteiger partial charge in [0.2, 0.25) is 5.88 Å². The Morgan fingerprint density at radius 1 is 1.35 bits per heavy atom. The van der Waals surface area contributed by atoms with Crippen LogP contribution in [-0.2, 0) is 6.61 Å². The van der Waals surface area contributed by atoms with E-state index in [0.29, 0.717) is 24.8 Å². The summed E-state index contributed by atoms with van der Waals surface area (Å²) in [5, 5.41) is 0. The topological polar surface area (TPSA) is 70.3 Å². The van der Waals surface area contributed by atoms with Crippen LogP contribution in [0.4, 0.5) is 0 Å². The first-order valence-corrected chi connectivity index (χ1v) is 6.08. The predicted molar refractivity (Wildman–Crippen MR) is 75.3 cm³/mol. The number of aromatic nitrogens is 2. The van der Waals surface area contributed by atoms with Crippen LogP contribution in [0.15, 0.2) is 36.8 Å². The summed E-state index contributed by atoms with van der Waals surface area (Å²) in [6, 6.07) is 5.55. The minimum atomic E-state index is 0.317. The average molecular weight is 269 g/mol. The molecule has 5 heteroatoms. The standard InChI is InChI=1S/C15H15N3O2/c1-19-15-13(5-3-7-18-15)11-20-14-8-12(4-2-6-16)9-17-10-14/h3,5,7-10H,6,11,16H2,1H3. The number of methoxy groups -OCH3 is 1. The van der Waals surface area contributed by atoms with Gasteiger partial charge in [0.15, 0.2) is 0 Å². The summed E-state index contributed by atoms with van der Waals surface area (Å²) >= 11 is 0. The Balaban J connectivity index is 2.07. The van der Waals surface area contributed by atoms with Crippen LogP contribution < -0.4 is 15.2 Å². The molecule has 0 spiro atoms. The fourth-order valence-electron chi connectivity index (χ4n) is 1.60. The molecule has 5 nitrogen and oxygen atoms in total. The Bertz CT molecular complexity index is 632. The van der Waals surface area contributed by atoms with Gasteiger partial charge in [0.25, 0.3) is 0 Å². The van der Waals surface area contributed by atoms with E-state index in [9.17, 15) is 0 Å². The van der Waals surface area contributed by atoms with Crippen LogP contribution in [0.25, 0.3) is 0 Å². The van der Waals surface area contributed by atoms with Crippen molar-refractivity contribution in [3.8, 4) is 23.5 Å². The molecule has 0 bridgehead atoms. The molecule has 0 aromatic carbocycles. The molecule has 0 saturated carbocycles. The Morgan fingerprint density at radius 2 is 2.25 bits per heavy atom. The molecule has 0 atom stereocenters. The second-order valence-electron chi connectivity index (χ2n) is 3.88. The lowest BCUT2D eigenvalue weighted by Crippen LogP contribution is -2.00. The van der Waals surface area contributed by atoms with Gasteiger partial charge in [0.05, 0.1) is 25.4 Å². The van der Waals surface area contributed by atoms with Crippen molar-refractivity contribution in [2.75, 3.05) is 13.7 Å². The van der Waals surface area contributed by atoms with Crippen molar-refractivity contribution < 1.29 is 9.47 Å². The van der Waals surface area contributed by atoms with E-state index < -0.39 is 0 Å². The highest BCUT2D eigenvalue weighted by molar-refractivity contribution is 5.37. The maximum absolute atomic E-state index is 5.67. The molecular formula is C15H15N3O2. The number of ether oxygens (including phenoxy) is 2. The van der Waals surface area contributed by atoms with Crippen molar-refractivity contribution in [2.45, 2.75) is 6.61 Å². The van der Waals surface area contributed by atoms with Gasteiger partial charge >= 0.3 is 0 Å². The molecule has 0 aliphatic carbocycles. The Morgan fingerprint density at radius 3 is 3.05 bits per heavy atom. The van der Waals surface area contributed by atoms with E-state index in [2.05, 4.69) is 21.8 Å². The largest absolute Gasteiger partial charge is 0.487 e. The average Bonchev–Trinajstić information content (AvgIpc) is 2.51. The molecule has 20 heavy (non-hydrogen) atoms. The lowest BCUT2D eigenvalue weighted by Gasteiger charge is -2.08. The van der Waals surface area contributed by atoms with Gasteiger partial charge in [0, 0.05) is 18.0 Å². The molecular weight excluding hydrogens is 254 g/mol. The van der Waals surface area contributed by atoms with E-state index in [1.807, 2.05) is 18.2 Å². The van der Waals surface area contributed by atoms with E-state index in [4.69, 9.17) is 15.2 Å². The molecule has 2 N–H and O–H groups in total. The van der Waals surface area contributed by atoms with Gasteiger partial charge in [-0.05, 0) is 18.2 Å². The maximum Gasteiger partial charge on any atom is 0.219 e. The van der Waals surface area contributed by atoms with E-state index in [1.165, 1.54) is 0 Å². The third-order valence-electron chi connectivity index (χ3n) is 2.49. The first kappa shape index (κ1) is 13.8. The molecule has 2 heterocycles. The second-order valence-corrected chi connectivity index (χ2v) is 3.88. The quantitative estimate of drug-likeness (QED) is 0.849. The summed E-state index contributed by atoms with van der Waals surface area (Å²) in [5.41, 5.74) is 6.97. The van der Waals surface area contributed by atoms with E-state index in [0.717, 1.165) is 11.1 Å². The molecule has 102 valence electrons. The normalized spacial score (nSPS) is 9.50. The molecule has 0 unspecified atom stereocenters. The van der Waals surface area contributed by atoms with Crippen LogP contribution in [0, 0.1) is 11.8 Å². The SMILES string of the molecule is COc1ncccc1COc1cncc(C#CCN)c1. The molecule has 0 aliphatic heterocycles. The van der Waals surface area contributed by atoms with E-state index in [1.54, 1.807) is 25.7 Å². The van der Waals surface area contributed by atoms with Crippen LogP contribution in [0.1, 0.15) is 11.1 Å². The number of nitrogens with two attached hydrogens (primary N) is 1. The second kappa shape index (κ2) is 7.12. The number of hydrogen-bond donors (Lipinski definition) is 1. The zero-order valence-electron chi connectivity index (χ0n) is 11.2. The van der Waals surface area contributed by atoms with Gasteiger partial charge in [-0.15, -0.1) is 0 Å². The molecule has 0 radical (unpaired) electrons. The van der Waals surface area contributed by atoms with Gasteiger partial charge in [-0.3, -0.25) is 4.98 Å². The summed E-state index contributed by atoms with van der Waals surface area (Å²) < 4.78 is 10.8. The van der Waals surface area contributed by atoms with Crippen LogP contribution in [0.5, 0.6) is 11.6 Å². The Hall–Kier alpha value is -2.58. The molecule has 0 aliphatic rings. The third-order valence-corrected chi connectivity index (χ3v) is 2.49. The molecule has 0 fully saturated rings. The fourth-order valence-corrected chi connectivity index (χ4v) is 1.60. The predicted octanol–water partition coefficient (Wildman–Crippen LogP) is 1.37. The summed E-state index contributed by atoms with van der Waals surface area (Å²) in [7, 11) is 1.58. The van der Waals surface area contributed by atoms with Gasteiger partial charge < -0.3 is 15.2 Å². The monoisotopic (exact) mass is 269 g/mol. The van der Waals surface area contributed by atoms with Gasteiger partial charge in [-0.1, -0.05) is 11.8 Å². The highest BCUT2D eigenvalue weighted by Crippen LogP contribution is 2.17. The maximum atomic E-state index is 5.67. The van der Waals surface area contributed by atoms with Crippen molar-refractivity contribution in [1.82, 2.24) is 9.97 Å². The Kier molecular flexibility index (Phi) is 4.93. The molecule has 2 aromatic heterocycles. The van der Waals surface area contributed by atoms with Gasteiger partial charge in [0.1, 0.15) is 12.4 Å². The van der Waals surface area contributed by atoms with Gasteiger partial charge in [-0.25, -0.2) is 4.98 Å². The van der Waals surface area contributed by atoms with Crippen molar-refractivity contribution in [3.63, 3.8) is 0 Å². The molecule has 2 rings (SSSR count). The smallest absolute Gasteiger partial charge is 0.219 e. The zero-order valence-corrected chi connectivity index (χ0v) is 11.2. The number of rotatable bonds is 4. The molecule has 2 aromatic rings. The minimum Gasteiger partial charge on any atom is -0.487 e. The summed E-state index contributed by atoms with van der Waals surface area (Å²) in [6.07, 6.45) is 4.98. The fraction of sp³-hybridized carbons (Fsp3) is 0.200. The lowest BCUT2D eigenvalue weighted by atomic mass is 10.2. The number of pyridine rings is 2. The number of hydrogen-bond acceptors (Lipinski definition) is 5. The van der Waals surface area contributed by atoms with Crippen molar-refractivity contribution in [3.05, 3.63) is 47.9 Å². The van der Waals surface area contributed by atoms with Crippen LogP contribution in [0.2, 0.25) is 0 Å². The third kappa shape index (κ3) is 3.70. The first-order valence-electron chi connectivity index (χ1n) is 6.08. The lowest BCUT2D eigenvalue weighted by molar-refractivity contribution is 0.292. The van der Waals surface area contributed by atoms with Crippen molar-refractivity contribution >= 4 is 0 Å². The first-order chi connectivity index (χ1) is 9.83. The minimum absolute atomic E-state index is 0.317. The van der Waals surface area contributed by atoms with E-state index in [-0.39, 0.29) is 0 Å². The Labute approximate surface area is 117 Å². The van der Waals surface area contributed by atoms with Crippen LogP contribution >= 0.6 is 0 Å².